The average molecular weight is 307 g/mol. The fraction of sp³-hybridized carbons (Fsp3) is 0.667. The first-order valence-corrected chi connectivity index (χ1v) is 5.44. The van der Waals surface area contributed by atoms with Crippen LogP contribution in [0.3, 0.4) is 0 Å². The van der Waals surface area contributed by atoms with Gasteiger partial charge in [-0.25, -0.2) is 4.79 Å². The smallest absolute Gasteiger partial charge is 0.425 e. The molecule has 104 valence electrons. The number of halogens is 5. The lowest BCUT2D eigenvalue weighted by Gasteiger charge is -2.29. The maximum absolute atomic E-state index is 12.6. The van der Waals surface area contributed by atoms with E-state index in [1.54, 1.807) is 0 Å². The summed E-state index contributed by atoms with van der Waals surface area (Å²) in [5, 5.41) is 1.45. The van der Waals surface area contributed by atoms with E-state index in [2.05, 4.69) is 4.74 Å². The van der Waals surface area contributed by atoms with Crippen molar-refractivity contribution >= 4 is 29.2 Å². The first-order valence-electron chi connectivity index (χ1n) is 4.68. The molecule has 1 unspecified atom stereocenters. The summed E-state index contributed by atoms with van der Waals surface area (Å²) in [4.78, 5) is 11.0. The summed E-state index contributed by atoms with van der Waals surface area (Å²) in [7, 11) is 0. The molecule has 0 bridgehead atoms. The highest BCUT2D eigenvalue weighted by Gasteiger charge is 2.59. The standard InChI is InChI=1S/C9H11Cl2F3N2O2/c1-5(2)3-6(18-7(17)4-16-15)8(10,11)9(12,13)14/h3,6,16H,4H2,1-2H3. The molecule has 0 amide bonds. The topological polar surface area (TPSA) is 62.6 Å². The normalized spacial score (nSPS) is 13.7. The molecule has 0 saturated heterocycles. The van der Waals surface area contributed by atoms with Gasteiger partial charge in [0.05, 0.1) is 0 Å². The maximum atomic E-state index is 12.6. The van der Waals surface area contributed by atoms with Crippen molar-refractivity contribution in [1.82, 2.24) is 0 Å². The molecule has 0 aromatic heterocycles. The van der Waals surface area contributed by atoms with Crippen LogP contribution >= 0.6 is 23.2 Å². The van der Waals surface area contributed by atoms with Crippen molar-refractivity contribution in [3.05, 3.63) is 17.2 Å². The van der Waals surface area contributed by atoms with Crippen LogP contribution in [0.2, 0.25) is 0 Å². The van der Waals surface area contributed by atoms with Crippen LogP contribution in [0.4, 0.5) is 13.2 Å². The Morgan fingerprint density at radius 1 is 1.44 bits per heavy atom. The molecule has 1 atom stereocenters. The van der Waals surface area contributed by atoms with Crippen molar-refractivity contribution < 1.29 is 27.8 Å². The zero-order valence-electron chi connectivity index (χ0n) is 9.52. The number of hydrogen-bond acceptors (Lipinski definition) is 2. The second-order valence-electron chi connectivity index (χ2n) is 3.61. The molecule has 0 rings (SSSR count). The van der Waals surface area contributed by atoms with E-state index in [4.69, 9.17) is 28.7 Å². The van der Waals surface area contributed by atoms with Crippen molar-refractivity contribution in [2.75, 3.05) is 6.54 Å². The summed E-state index contributed by atoms with van der Waals surface area (Å²) in [6, 6.07) is 0. The van der Waals surface area contributed by atoms with Gasteiger partial charge in [0.2, 0.25) is 6.54 Å². The van der Waals surface area contributed by atoms with Gasteiger partial charge in [-0.3, -0.25) is 0 Å². The summed E-state index contributed by atoms with van der Waals surface area (Å²) < 4.78 is 39.1. The summed E-state index contributed by atoms with van der Waals surface area (Å²) in [6.07, 6.45) is -5.92. The zero-order valence-corrected chi connectivity index (χ0v) is 11.0. The molecule has 4 nitrogen and oxygen atoms in total. The van der Waals surface area contributed by atoms with E-state index in [1.165, 1.54) is 19.0 Å². The maximum Gasteiger partial charge on any atom is 0.425 e. The second-order valence-corrected chi connectivity index (χ2v) is 5.00. The van der Waals surface area contributed by atoms with Crippen LogP contribution in [-0.4, -0.2) is 29.1 Å². The third kappa shape index (κ3) is 4.81. The Morgan fingerprint density at radius 2 is 1.94 bits per heavy atom. The van der Waals surface area contributed by atoms with E-state index in [1.807, 2.05) is 0 Å². The van der Waals surface area contributed by atoms with Crippen LogP contribution in [0.15, 0.2) is 11.6 Å². The largest absolute Gasteiger partial charge is 0.508 e. The van der Waals surface area contributed by atoms with Gasteiger partial charge in [0.1, 0.15) is 0 Å². The van der Waals surface area contributed by atoms with E-state index >= 15 is 0 Å². The minimum Gasteiger partial charge on any atom is -0.508 e. The Morgan fingerprint density at radius 3 is 2.28 bits per heavy atom. The van der Waals surface area contributed by atoms with Crippen LogP contribution in [-0.2, 0) is 9.53 Å². The van der Waals surface area contributed by atoms with Gasteiger partial charge in [-0.05, 0) is 19.9 Å². The third-order valence-electron chi connectivity index (χ3n) is 1.70. The van der Waals surface area contributed by atoms with E-state index in [-0.39, 0.29) is 0 Å². The Hall–Kier alpha value is -0.820. The van der Waals surface area contributed by atoms with Gasteiger partial charge in [0, 0.05) is 0 Å². The molecule has 1 N–H and O–H groups in total. The SMILES string of the molecule is CC(C)=CC(OC(=O)C[NH+]=[N-])C(Cl)(Cl)C(F)(F)F. The molecule has 0 radical (unpaired) electrons. The average Bonchev–Trinajstić information content (AvgIpc) is 2.14. The van der Waals surface area contributed by atoms with Crippen molar-refractivity contribution in [2.45, 2.75) is 30.5 Å². The lowest BCUT2D eigenvalue weighted by atomic mass is 10.1. The molecular weight excluding hydrogens is 296 g/mol. The second kappa shape index (κ2) is 6.38. The number of carbonyl (C=O) groups is 1. The molecule has 0 fully saturated rings. The minimum absolute atomic E-state index is 0.430. The van der Waals surface area contributed by atoms with Crippen LogP contribution in [0.5, 0.6) is 0 Å². The Kier molecular flexibility index (Phi) is 6.09. The molecule has 0 heterocycles. The van der Waals surface area contributed by atoms with Gasteiger partial charge in [0.25, 0.3) is 4.33 Å². The summed E-state index contributed by atoms with van der Waals surface area (Å²) in [6.45, 7) is 2.30. The molecule has 0 aromatic rings. The van der Waals surface area contributed by atoms with Gasteiger partial charge >= 0.3 is 12.1 Å². The molecule has 0 aromatic carbocycles. The van der Waals surface area contributed by atoms with Crippen LogP contribution in [0.1, 0.15) is 13.8 Å². The van der Waals surface area contributed by atoms with Crippen molar-refractivity contribution in [3.8, 4) is 0 Å². The minimum atomic E-state index is -4.99. The molecule has 9 heteroatoms. The van der Waals surface area contributed by atoms with Gasteiger partial charge in [-0.15, -0.1) is 0 Å². The lowest BCUT2D eigenvalue weighted by molar-refractivity contribution is -0.470. The number of esters is 1. The zero-order chi connectivity index (χ0) is 14.6. The van der Waals surface area contributed by atoms with Gasteiger partial charge in [-0.1, -0.05) is 28.8 Å². The fourth-order valence-corrected chi connectivity index (χ4v) is 1.14. The van der Waals surface area contributed by atoms with Crippen molar-refractivity contribution in [3.63, 3.8) is 0 Å². The first kappa shape index (κ1) is 17.2. The molecule has 0 aliphatic rings. The number of nitrogens with zero attached hydrogens (tertiary/aromatic N) is 1. The van der Waals surface area contributed by atoms with Gasteiger partial charge in [0.15, 0.2) is 6.10 Å². The highest BCUT2D eigenvalue weighted by Crippen LogP contribution is 2.44. The highest BCUT2D eigenvalue weighted by atomic mass is 35.5. The Balaban J connectivity index is 5.19. The number of alkyl halides is 5. The number of ether oxygens (including phenoxy) is 1. The molecule has 0 spiro atoms. The van der Waals surface area contributed by atoms with E-state index in [0.717, 1.165) is 6.08 Å². The van der Waals surface area contributed by atoms with Crippen LogP contribution in [0, 0.1) is 0 Å². The van der Waals surface area contributed by atoms with Gasteiger partial charge in [-0.2, -0.15) is 13.2 Å². The predicted molar refractivity (Wildman–Crippen MR) is 59.0 cm³/mol. The molecule has 0 aliphatic heterocycles. The van der Waals surface area contributed by atoms with E-state index in [0.29, 0.717) is 5.57 Å². The van der Waals surface area contributed by atoms with E-state index < -0.39 is 29.1 Å². The lowest BCUT2D eigenvalue weighted by Crippen LogP contribution is -2.66. The third-order valence-corrected chi connectivity index (χ3v) is 2.56. The Labute approximate surface area is 112 Å². The number of rotatable bonds is 5. The molecule has 0 saturated carbocycles. The van der Waals surface area contributed by atoms with Crippen LogP contribution in [0.25, 0.3) is 5.53 Å². The summed E-state index contributed by atoms with van der Waals surface area (Å²) >= 11 is 10.4. The number of hydrogen-bond donors (Lipinski definition) is 1. The molecule has 0 aliphatic carbocycles. The van der Waals surface area contributed by atoms with Gasteiger partial charge < -0.3 is 15.4 Å². The molecular formula is C9H11Cl2F3N2O2. The van der Waals surface area contributed by atoms with Crippen molar-refractivity contribution in [1.29, 1.82) is 0 Å². The van der Waals surface area contributed by atoms with Crippen LogP contribution < -0.4 is 5.11 Å². The molecule has 18 heavy (non-hydrogen) atoms. The first-order chi connectivity index (χ1) is 8.02. The summed E-state index contributed by atoms with van der Waals surface area (Å²) in [5.74, 6) is -1.13. The quantitative estimate of drug-likeness (QED) is 0.364. The van der Waals surface area contributed by atoms with Crippen molar-refractivity contribution in [2.24, 2.45) is 0 Å². The fourth-order valence-electron chi connectivity index (χ4n) is 0.925. The number of allylic oxidation sites excluding steroid dienone is 1. The Bertz CT molecular complexity index is 352. The summed E-state index contributed by atoms with van der Waals surface area (Å²) in [5.41, 5.74) is 8.67. The van der Waals surface area contributed by atoms with E-state index in [9.17, 15) is 18.0 Å². The number of nitrogens with one attached hydrogen (secondary N) is 1. The monoisotopic (exact) mass is 306 g/mol. The predicted octanol–water partition coefficient (Wildman–Crippen LogP) is 1.70. The highest BCUT2D eigenvalue weighted by molar-refractivity contribution is 6.49. The number of carbonyl (C=O) groups excluding carboxylic acids is 1.